The summed E-state index contributed by atoms with van der Waals surface area (Å²) in [6, 6.07) is 7.48. The zero-order chi connectivity index (χ0) is 16.4. The van der Waals surface area contributed by atoms with Crippen molar-refractivity contribution in [2.24, 2.45) is 7.05 Å². The quantitative estimate of drug-likeness (QED) is 0.600. The van der Waals surface area contributed by atoms with Crippen molar-refractivity contribution in [2.75, 3.05) is 5.73 Å². The molecule has 0 saturated heterocycles. The standard InChI is InChI=1S/C15H14N6O2/c1-21-8-10(9-4-2-3-5-11(9)21)14(22)19-20-15(23)12-13(16)18-7-6-17-12/h2-8H,1H3,(H2,16,18)(H,19,22)(H,20,23). The highest BCUT2D eigenvalue weighted by Gasteiger charge is 2.16. The van der Waals surface area contributed by atoms with Gasteiger partial charge in [0.25, 0.3) is 11.8 Å². The third-order valence-corrected chi connectivity index (χ3v) is 3.37. The number of aryl methyl sites for hydroxylation is 1. The highest BCUT2D eigenvalue weighted by Crippen LogP contribution is 2.19. The molecule has 2 heterocycles. The molecule has 0 atom stereocenters. The molecule has 23 heavy (non-hydrogen) atoms. The van der Waals surface area contributed by atoms with E-state index in [1.54, 1.807) is 6.20 Å². The van der Waals surface area contributed by atoms with Crippen LogP contribution in [0.1, 0.15) is 20.8 Å². The van der Waals surface area contributed by atoms with Gasteiger partial charge in [0.15, 0.2) is 11.5 Å². The first-order valence-electron chi connectivity index (χ1n) is 6.79. The fourth-order valence-corrected chi connectivity index (χ4v) is 2.29. The monoisotopic (exact) mass is 310 g/mol. The normalized spacial score (nSPS) is 10.5. The number of benzene rings is 1. The molecular weight excluding hydrogens is 296 g/mol. The highest BCUT2D eigenvalue weighted by molar-refractivity contribution is 6.08. The van der Waals surface area contributed by atoms with Crippen LogP contribution in [-0.4, -0.2) is 26.3 Å². The maximum atomic E-state index is 12.3. The molecule has 0 spiro atoms. The lowest BCUT2D eigenvalue weighted by atomic mass is 10.2. The van der Waals surface area contributed by atoms with Crippen molar-refractivity contribution in [3.05, 3.63) is 54.1 Å². The predicted octanol–water partition coefficient (Wildman–Crippen LogP) is 0.625. The number of hydrogen-bond donors (Lipinski definition) is 3. The number of hydrogen-bond acceptors (Lipinski definition) is 5. The fourth-order valence-electron chi connectivity index (χ4n) is 2.29. The van der Waals surface area contributed by atoms with Gasteiger partial charge in [-0.15, -0.1) is 0 Å². The smallest absolute Gasteiger partial charge is 0.292 e. The van der Waals surface area contributed by atoms with E-state index < -0.39 is 11.8 Å². The molecule has 0 bridgehead atoms. The fraction of sp³-hybridized carbons (Fsp3) is 0.0667. The van der Waals surface area contributed by atoms with Crippen LogP contribution in [0.4, 0.5) is 5.82 Å². The maximum absolute atomic E-state index is 12.3. The summed E-state index contributed by atoms with van der Waals surface area (Å²) in [5.74, 6) is -1.08. The molecule has 0 aliphatic rings. The van der Waals surface area contributed by atoms with Crippen LogP contribution in [-0.2, 0) is 7.05 Å². The van der Waals surface area contributed by atoms with Gasteiger partial charge >= 0.3 is 0 Å². The molecule has 0 radical (unpaired) electrons. The second kappa shape index (κ2) is 5.76. The molecule has 1 aromatic carbocycles. The minimum Gasteiger partial charge on any atom is -0.382 e. The van der Waals surface area contributed by atoms with Gasteiger partial charge < -0.3 is 10.3 Å². The van der Waals surface area contributed by atoms with Gasteiger partial charge in [0.05, 0.1) is 5.56 Å². The van der Waals surface area contributed by atoms with Gasteiger partial charge in [0.2, 0.25) is 0 Å². The zero-order valence-corrected chi connectivity index (χ0v) is 12.3. The largest absolute Gasteiger partial charge is 0.382 e. The van der Waals surface area contributed by atoms with Gasteiger partial charge in [-0.05, 0) is 6.07 Å². The van der Waals surface area contributed by atoms with Crippen LogP contribution in [0, 0.1) is 0 Å². The maximum Gasteiger partial charge on any atom is 0.292 e. The van der Waals surface area contributed by atoms with Crippen LogP contribution in [0.25, 0.3) is 10.9 Å². The Bertz CT molecular complexity index is 902. The molecule has 116 valence electrons. The number of anilines is 1. The van der Waals surface area contributed by atoms with Crippen LogP contribution in [0.5, 0.6) is 0 Å². The van der Waals surface area contributed by atoms with Crippen LogP contribution >= 0.6 is 0 Å². The number of nitrogens with zero attached hydrogens (tertiary/aromatic N) is 3. The summed E-state index contributed by atoms with van der Waals surface area (Å²) in [7, 11) is 1.85. The zero-order valence-electron chi connectivity index (χ0n) is 12.3. The number of carbonyl (C=O) groups is 2. The molecule has 0 fully saturated rings. The third kappa shape index (κ3) is 2.69. The Morgan fingerprint density at radius 2 is 1.78 bits per heavy atom. The number of fused-ring (bicyclic) bond motifs is 1. The van der Waals surface area contributed by atoms with E-state index in [4.69, 9.17) is 5.73 Å². The minimum absolute atomic E-state index is 0.00981. The average Bonchev–Trinajstić information content (AvgIpc) is 2.90. The number of amides is 2. The lowest BCUT2D eigenvalue weighted by Gasteiger charge is -2.07. The summed E-state index contributed by atoms with van der Waals surface area (Å²) < 4.78 is 1.84. The summed E-state index contributed by atoms with van der Waals surface area (Å²) in [6.45, 7) is 0. The second-order valence-corrected chi connectivity index (χ2v) is 4.87. The summed E-state index contributed by atoms with van der Waals surface area (Å²) in [5.41, 5.74) is 11.5. The van der Waals surface area contributed by atoms with Gasteiger partial charge in [0.1, 0.15) is 0 Å². The Kier molecular flexibility index (Phi) is 3.63. The number of nitrogen functional groups attached to an aromatic ring is 1. The van der Waals surface area contributed by atoms with Crippen molar-refractivity contribution in [1.29, 1.82) is 0 Å². The Hall–Kier alpha value is -3.42. The molecule has 0 aliphatic carbocycles. The van der Waals surface area contributed by atoms with Gasteiger partial charge in [-0.2, -0.15) is 0 Å². The number of aromatic nitrogens is 3. The summed E-state index contributed by atoms with van der Waals surface area (Å²) in [4.78, 5) is 31.8. The molecule has 0 aliphatic heterocycles. The number of nitrogens with two attached hydrogens (primary N) is 1. The first-order valence-corrected chi connectivity index (χ1v) is 6.79. The first-order chi connectivity index (χ1) is 11.1. The summed E-state index contributed by atoms with van der Waals surface area (Å²) >= 11 is 0. The third-order valence-electron chi connectivity index (χ3n) is 3.37. The van der Waals surface area contributed by atoms with E-state index >= 15 is 0 Å². The number of hydrazine groups is 1. The SMILES string of the molecule is Cn1cc(C(=O)NNC(=O)c2nccnc2N)c2ccccc21. The minimum atomic E-state index is -0.635. The highest BCUT2D eigenvalue weighted by atomic mass is 16.2. The number of carbonyl (C=O) groups excluding carboxylic acids is 2. The summed E-state index contributed by atoms with van der Waals surface area (Å²) in [6.07, 6.45) is 4.42. The molecule has 2 aromatic heterocycles. The van der Waals surface area contributed by atoms with Crippen LogP contribution in [0.3, 0.4) is 0 Å². The topological polar surface area (TPSA) is 115 Å². The van der Waals surface area contributed by atoms with Crippen LogP contribution < -0.4 is 16.6 Å². The Labute approximate surface area is 131 Å². The number of rotatable bonds is 2. The predicted molar refractivity (Wildman–Crippen MR) is 84.3 cm³/mol. The van der Waals surface area contributed by atoms with E-state index in [2.05, 4.69) is 20.8 Å². The van der Waals surface area contributed by atoms with E-state index in [1.807, 2.05) is 35.9 Å². The summed E-state index contributed by atoms with van der Waals surface area (Å²) in [5, 5.41) is 0.792. The first kappa shape index (κ1) is 14.5. The lowest BCUT2D eigenvalue weighted by molar-refractivity contribution is 0.0845. The second-order valence-electron chi connectivity index (χ2n) is 4.87. The van der Waals surface area contributed by atoms with Crippen LogP contribution in [0.2, 0.25) is 0 Å². The van der Waals surface area contributed by atoms with Crippen molar-refractivity contribution >= 4 is 28.5 Å². The molecule has 4 N–H and O–H groups in total. The lowest BCUT2D eigenvalue weighted by Crippen LogP contribution is -2.42. The van der Waals surface area contributed by atoms with E-state index in [9.17, 15) is 9.59 Å². The Balaban J connectivity index is 1.77. The molecule has 0 saturated carbocycles. The van der Waals surface area contributed by atoms with Gasteiger partial charge in [0, 0.05) is 36.5 Å². The molecular formula is C15H14N6O2. The van der Waals surface area contributed by atoms with E-state index in [-0.39, 0.29) is 11.5 Å². The Morgan fingerprint density at radius 3 is 2.57 bits per heavy atom. The molecule has 8 nitrogen and oxygen atoms in total. The Morgan fingerprint density at radius 1 is 1.09 bits per heavy atom. The van der Waals surface area contributed by atoms with Gasteiger partial charge in [-0.25, -0.2) is 9.97 Å². The molecule has 0 unspecified atom stereocenters. The average molecular weight is 310 g/mol. The van der Waals surface area contributed by atoms with E-state index in [0.717, 1.165) is 10.9 Å². The van der Waals surface area contributed by atoms with Gasteiger partial charge in [-0.3, -0.25) is 20.4 Å². The van der Waals surface area contributed by atoms with E-state index in [0.29, 0.717) is 5.56 Å². The van der Waals surface area contributed by atoms with E-state index in [1.165, 1.54) is 12.4 Å². The van der Waals surface area contributed by atoms with Crippen molar-refractivity contribution in [3.8, 4) is 0 Å². The van der Waals surface area contributed by atoms with Crippen molar-refractivity contribution in [3.63, 3.8) is 0 Å². The number of nitrogens with one attached hydrogen (secondary N) is 2. The molecule has 3 rings (SSSR count). The molecule has 2 amide bonds. The molecule has 3 aromatic rings. The van der Waals surface area contributed by atoms with Crippen molar-refractivity contribution in [1.82, 2.24) is 25.4 Å². The van der Waals surface area contributed by atoms with Crippen molar-refractivity contribution in [2.45, 2.75) is 0 Å². The molecule has 8 heteroatoms. The van der Waals surface area contributed by atoms with Crippen molar-refractivity contribution < 1.29 is 9.59 Å². The van der Waals surface area contributed by atoms with Crippen LogP contribution in [0.15, 0.2) is 42.9 Å². The van der Waals surface area contributed by atoms with Gasteiger partial charge in [-0.1, -0.05) is 18.2 Å². The number of para-hydroxylation sites is 1.